The summed E-state index contributed by atoms with van der Waals surface area (Å²) >= 11 is 0. The van der Waals surface area contributed by atoms with Crippen molar-refractivity contribution in [2.75, 3.05) is 0 Å². The highest BCUT2D eigenvalue weighted by atomic mass is 16.2. The van der Waals surface area contributed by atoms with Crippen LogP contribution < -0.4 is 5.43 Å². The van der Waals surface area contributed by atoms with Gasteiger partial charge in [-0.2, -0.15) is 5.10 Å². The van der Waals surface area contributed by atoms with Crippen molar-refractivity contribution in [2.45, 2.75) is 19.8 Å². The topological polar surface area (TPSA) is 67.2 Å². The number of nitrogens with zero attached hydrogens (tertiary/aromatic N) is 3. The molecule has 4 rings (SSSR count). The maximum atomic E-state index is 12.9. The van der Waals surface area contributed by atoms with Crippen LogP contribution in [0.4, 0.5) is 0 Å². The molecule has 1 N–H and O–H groups in total. The molecule has 0 atom stereocenters. The number of hydrogen-bond donors (Lipinski definition) is 1. The first-order valence-corrected chi connectivity index (χ1v) is 9.85. The highest BCUT2D eigenvalue weighted by Gasteiger charge is 2.13. The average Bonchev–Trinajstić information content (AvgIpc) is 2.79. The molecule has 2 aromatic carbocycles. The lowest BCUT2D eigenvalue weighted by atomic mass is 9.99. The summed E-state index contributed by atoms with van der Waals surface area (Å²) in [6.45, 7) is 4.33. The van der Waals surface area contributed by atoms with Crippen LogP contribution in [0, 0.1) is 0 Å². The molecule has 2 aromatic heterocycles. The van der Waals surface area contributed by atoms with Gasteiger partial charge in [-0.3, -0.25) is 9.78 Å². The second-order valence-electron chi connectivity index (χ2n) is 7.33. The zero-order chi connectivity index (χ0) is 20.9. The van der Waals surface area contributed by atoms with Crippen molar-refractivity contribution in [3.63, 3.8) is 0 Å². The summed E-state index contributed by atoms with van der Waals surface area (Å²) in [4.78, 5) is 21.6. The van der Waals surface area contributed by atoms with Gasteiger partial charge in [0.1, 0.15) is 0 Å². The molecule has 0 fully saturated rings. The van der Waals surface area contributed by atoms with Gasteiger partial charge >= 0.3 is 0 Å². The van der Waals surface area contributed by atoms with Gasteiger partial charge in [0.2, 0.25) is 0 Å². The first-order valence-electron chi connectivity index (χ1n) is 9.85. The van der Waals surface area contributed by atoms with E-state index in [1.54, 1.807) is 18.6 Å². The van der Waals surface area contributed by atoms with E-state index in [4.69, 9.17) is 4.98 Å². The van der Waals surface area contributed by atoms with Crippen LogP contribution >= 0.6 is 0 Å². The Hall–Kier alpha value is -3.86. The van der Waals surface area contributed by atoms with Crippen LogP contribution in [-0.2, 0) is 0 Å². The molecule has 4 aromatic rings. The number of amides is 1. The molecule has 1 amide bonds. The van der Waals surface area contributed by atoms with Gasteiger partial charge in [0.15, 0.2) is 0 Å². The number of pyridine rings is 2. The fourth-order valence-electron chi connectivity index (χ4n) is 3.23. The van der Waals surface area contributed by atoms with Crippen molar-refractivity contribution in [1.29, 1.82) is 0 Å². The van der Waals surface area contributed by atoms with E-state index in [-0.39, 0.29) is 5.91 Å². The van der Waals surface area contributed by atoms with Crippen molar-refractivity contribution < 1.29 is 4.79 Å². The summed E-state index contributed by atoms with van der Waals surface area (Å²) in [5, 5.41) is 4.87. The Kier molecular flexibility index (Phi) is 5.61. The number of aromatic nitrogens is 2. The first-order chi connectivity index (χ1) is 14.6. The summed E-state index contributed by atoms with van der Waals surface area (Å²) < 4.78 is 0. The zero-order valence-electron chi connectivity index (χ0n) is 16.9. The van der Waals surface area contributed by atoms with Gasteiger partial charge in [-0.15, -0.1) is 0 Å². The van der Waals surface area contributed by atoms with E-state index in [2.05, 4.69) is 53.6 Å². The second kappa shape index (κ2) is 8.66. The normalized spacial score (nSPS) is 11.3. The van der Waals surface area contributed by atoms with Crippen molar-refractivity contribution in [3.05, 3.63) is 95.8 Å². The Morgan fingerprint density at radius 2 is 1.73 bits per heavy atom. The fraction of sp³-hybridized carbons (Fsp3) is 0.120. The molecule has 0 bridgehead atoms. The van der Waals surface area contributed by atoms with Crippen molar-refractivity contribution in [3.8, 4) is 11.3 Å². The number of benzene rings is 2. The fourth-order valence-corrected chi connectivity index (χ4v) is 3.23. The summed E-state index contributed by atoms with van der Waals surface area (Å²) in [5.74, 6) is 0.183. The van der Waals surface area contributed by atoms with Gasteiger partial charge in [-0.05, 0) is 41.3 Å². The maximum absolute atomic E-state index is 12.9. The maximum Gasteiger partial charge on any atom is 0.272 e. The minimum absolute atomic E-state index is 0.279. The third-order valence-corrected chi connectivity index (χ3v) is 4.92. The molecule has 148 valence electrons. The molecule has 0 aliphatic rings. The van der Waals surface area contributed by atoms with Crippen molar-refractivity contribution in [1.82, 2.24) is 15.4 Å². The third-order valence-electron chi connectivity index (χ3n) is 4.92. The first kappa shape index (κ1) is 19.5. The van der Waals surface area contributed by atoms with E-state index in [9.17, 15) is 4.79 Å². The largest absolute Gasteiger partial charge is 0.272 e. The molecule has 0 aliphatic heterocycles. The monoisotopic (exact) mass is 394 g/mol. The van der Waals surface area contributed by atoms with E-state index in [0.29, 0.717) is 11.5 Å². The molecule has 0 unspecified atom stereocenters. The zero-order valence-corrected chi connectivity index (χ0v) is 16.9. The molecular formula is C25H22N4O. The predicted molar refractivity (Wildman–Crippen MR) is 121 cm³/mol. The summed E-state index contributed by atoms with van der Waals surface area (Å²) in [7, 11) is 0. The molecule has 0 saturated carbocycles. The summed E-state index contributed by atoms with van der Waals surface area (Å²) in [5.41, 5.74) is 7.78. The molecule has 0 aliphatic carbocycles. The van der Waals surface area contributed by atoms with Crippen LogP contribution in [0.5, 0.6) is 0 Å². The van der Waals surface area contributed by atoms with Crippen molar-refractivity contribution >= 4 is 23.0 Å². The van der Waals surface area contributed by atoms with Crippen LogP contribution in [-0.4, -0.2) is 22.1 Å². The number of para-hydroxylation sites is 1. The summed E-state index contributed by atoms with van der Waals surface area (Å²) in [6, 6.07) is 21.4. The number of hydrogen-bond acceptors (Lipinski definition) is 4. The van der Waals surface area contributed by atoms with Gasteiger partial charge in [-0.1, -0.05) is 56.3 Å². The highest BCUT2D eigenvalue weighted by molar-refractivity contribution is 6.07. The van der Waals surface area contributed by atoms with Gasteiger partial charge in [0.25, 0.3) is 5.91 Å². The van der Waals surface area contributed by atoms with E-state index in [1.807, 2.05) is 42.5 Å². The molecule has 2 heterocycles. The van der Waals surface area contributed by atoms with E-state index < -0.39 is 0 Å². The molecular weight excluding hydrogens is 372 g/mol. The van der Waals surface area contributed by atoms with E-state index in [0.717, 1.165) is 27.7 Å². The van der Waals surface area contributed by atoms with Gasteiger partial charge < -0.3 is 0 Å². The third kappa shape index (κ3) is 4.25. The number of rotatable bonds is 5. The Morgan fingerprint density at radius 1 is 1.00 bits per heavy atom. The molecule has 30 heavy (non-hydrogen) atoms. The number of carbonyl (C=O) groups is 1. The number of hydrazone groups is 1. The van der Waals surface area contributed by atoms with Crippen LogP contribution in [0.3, 0.4) is 0 Å². The molecule has 0 spiro atoms. The number of nitrogens with one attached hydrogen (secondary N) is 1. The Labute approximate surface area is 175 Å². The second-order valence-corrected chi connectivity index (χ2v) is 7.33. The lowest BCUT2D eigenvalue weighted by Crippen LogP contribution is -2.18. The van der Waals surface area contributed by atoms with Crippen LogP contribution in [0.15, 0.2) is 84.2 Å². The minimum Gasteiger partial charge on any atom is -0.267 e. The Bertz CT molecular complexity index is 1200. The van der Waals surface area contributed by atoms with Crippen LogP contribution in [0.2, 0.25) is 0 Å². The highest BCUT2D eigenvalue weighted by Crippen LogP contribution is 2.26. The van der Waals surface area contributed by atoms with Gasteiger partial charge in [0.05, 0.1) is 23.0 Å². The van der Waals surface area contributed by atoms with E-state index in [1.165, 1.54) is 5.56 Å². The van der Waals surface area contributed by atoms with Crippen molar-refractivity contribution in [2.24, 2.45) is 5.10 Å². The smallest absolute Gasteiger partial charge is 0.267 e. The predicted octanol–water partition coefficient (Wildman–Crippen LogP) is 5.18. The lowest BCUT2D eigenvalue weighted by molar-refractivity contribution is 0.0956. The SMILES string of the molecule is CC(C)c1ccc(-c2cc(C(=O)N/N=C/c3ccncc3)c3ccccc3n2)cc1. The average molecular weight is 394 g/mol. The summed E-state index contributed by atoms with van der Waals surface area (Å²) in [6.07, 6.45) is 4.95. The lowest BCUT2D eigenvalue weighted by Gasteiger charge is -2.10. The molecule has 0 saturated heterocycles. The molecule has 5 heteroatoms. The van der Waals surface area contributed by atoms with E-state index >= 15 is 0 Å². The quantitative estimate of drug-likeness (QED) is 0.374. The van der Waals surface area contributed by atoms with Gasteiger partial charge in [0, 0.05) is 23.3 Å². The number of fused-ring (bicyclic) bond motifs is 1. The Morgan fingerprint density at radius 3 is 2.47 bits per heavy atom. The van der Waals surface area contributed by atoms with Crippen LogP contribution in [0.25, 0.3) is 22.2 Å². The molecule has 5 nitrogen and oxygen atoms in total. The number of carbonyl (C=O) groups excluding carboxylic acids is 1. The Balaban J connectivity index is 1.68. The van der Waals surface area contributed by atoms with Gasteiger partial charge in [-0.25, -0.2) is 10.4 Å². The van der Waals surface area contributed by atoms with Crippen LogP contribution in [0.1, 0.15) is 41.3 Å². The minimum atomic E-state index is -0.279. The molecule has 0 radical (unpaired) electrons. The standard InChI is InChI=1S/C25H22N4O/c1-17(2)19-7-9-20(10-8-19)24-15-22(21-5-3-4-6-23(21)28-24)25(30)29-27-16-18-11-13-26-14-12-18/h3-17H,1-2H3,(H,29,30)/b27-16+.